The summed E-state index contributed by atoms with van der Waals surface area (Å²) in [4.78, 5) is 4.18. The molecule has 0 radical (unpaired) electrons. The van der Waals surface area contributed by atoms with E-state index in [4.69, 9.17) is 0 Å². The predicted octanol–water partition coefficient (Wildman–Crippen LogP) is 2.92. The Bertz CT molecular complexity index is 570. The lowest BCUT2D eigenvalue weighted by atomic mass is 9.99. The molecule has 3 nitrogen and oxygen atoms in total. The van der Waals surface area contributed by atoms with Crippen LogP contribution >= 0.6 is 0 Å². The lowest BCUT2D eigenvalue weighted by Gasteiger charge is -2.16. The highest BCUT2D eigenvalue weighted by atomic mass is 16.3. The summed E-state index contributed by atoms with van der Waals surface area (Å²) in [5.41, 5.74) is 4.23. The van der Waals surface area contributed by atoms with E-state index in [0.717, 1.165) is 16.8 Å². The Morgan fingerprint density at radius 3 is 2.78 bits per heavy atom. The monoisotopic (exact) mass is 242 g/mol. The number of aromatic nitrogens is 2. The molecule has 1 aromatic heterocycles. The summed E-state index contributed by atoms with van der Waals surface area (Å²) in [6, 6.07) is 6.71. The number of aliphatic hydroxyl groups excluding tert-OH is 1. The Morgan fingerprint density at radius 2 is 2.11 bits per heavy atom. The molecule has 1 fully saturated rings. The molecular formula is C15H18N2O. The molecule has 1 unspecified atom stereocenters. The molecule has 1 aliphatic rings. The van der Waals surface area contributed by atoms with Crippen molar-refractivity contribution in [1.29, 1.82) is 0 Å². The molecule has 0 aliphatic heterocycles. The van der Waals surface area contributed by atoms with Gasteiger partial charge in [-0.25, -0.2) is 4.98 Å². The Kier molecular flexibility index (Phi) is 2.71. The van der Waals surface area contributed by atoms with Crippen molar-refractivity contribution in [2.24, 2.45) is 0 Å². The van der Waals surface area contributed by atoms with E-state index in [2.05, 4.69) is 22.5 Å². The molecule has 94 valence electrons. The third kappa shape index (κ3) is 1.95. The van der Waals surface area contributed by atoms with Gasteiger partial charge in [-0.1, -0.05) is 23.8 Å². The fourth-order valence-electron chi connectivity index (χ4n) is 2.48. The SMILES string of the molecule is Cc1ccc(C(O)c2cncn2C2CC2)c(C)c1. The van der Waals surface area contributed by atoms with Crippen molar-refractivity contribution >= 4 is 0 Å². The molecule has 0 spiro atoms. The molecule has 0 bridgehead atoms. The molecule has 3 rings (SSSR count). The first-order chi connectivity index (χ1) is 8.66. The maximum atomic E-state index is 10.5. The minimum Gasteiger partial charge on any atom is -0.382 e. The van der Waals surface area contributed by atoms with Gasteiger partial charge in [0.1, 0.15) is 6.10 Å². The van der Waals surface area contributed by atoms with Gasteiger partial charge >= 0.3 is 0 Å². The quantitative estimate of drug-likeness (QED) is 0.898. The molecule has 0 amide bonds. The number of aryl methyl sites for hydroxylation is 2. The van der Waals surface area contributed by atoms with Gasteiger partial charge in [-0.3, -0.25) is 0 Å². The second kappa shape index (κ2) is 4.25. The van der Waals surface area contributed by atoms with Crippen LogP contribution in [0.5, 0.6) is 0 Å². The zero-order valence-electron chi connectivity index (χ0n) is 10.8. The van der Waals surface area contributed by atoms with E-state index in [9.17, 15) is 5.11 Å². The first-order valence-corrected chi connectivity index (χ1v) is 6.44. The molecule has 3 heteroatoms. The molecule has 1 N–H and O–H groups in total. The standard InChI is InChI=1S/C15H18N2O/c1-10-3-6-13(11(2)7-10)15(18)14-8-16-9-17(14)12-4-5-12/h3,6-9,12,15,18H,4-5H2,1-2H3. The Labute approximate surface area is 107 Å². The van der Waals surface area contributed by atoms with E-state index in [1.807, 2.05) is 25.4 Å². The van der Waals surface area contributed by atoms with Crippen LogP contribution in [-0.4, -0.2) is 14.7 Å². The van der Waals surface area contributed by atoms with Crippen molar-refractivity contribution in [2.45, 2.75) is 38.8 Å². The van der Waals surface area contributed by atoms with Crippen LogP contribution in [0.1, 0.15) is 47.4 Å². The van der Waals surface area contributed by atoms with E-state index in [1.165, 1.54) is 18.4 Å². The van der Waals surface area contributed by atoms with Gasteiger partial charge < -0.3 is 9.67 Å². The number of aliphatic hydroxyl groups is 1. The number of hydrogen-bond acceptors (Lipinski definition) is 2. The predicted molar refractivity (Wildman–Crippen MR) is 70.5 cm³/mol. The number of rotatable bonds is 3. The zero-order chi connectivity index (χ0) is 12.7. The molecule has 0 saturated heterocycles. The second-order valence-corrected chi connectivity index (χ2v) is 5.22. The number of benzene rings is 1. The number of hydrogen-bond donors (Lipinski definition) is 1. The maximum absolute atomic E-state index is 10.5. The van der Waals surface area contributed by atoms with Crippen LogP contribution in [0, 0.1) is 13.8 Å². The van der Waals surface area contributed by atoms with E-state index in [-0.39, 0.29) is 0 Å². The van der Waals surface area contributed by atoms with Gasteiger partial charge in [-0.2, -0.15) is 0 Å². The molecule has 18 heavy (non-hydrogen) atoms. The van der Waals surface area contributed by atoms with Crippen molar-refractivity contribution in [3.8, 4) is 0 Å². The fourth-order valence-corrected chi connectivity index (χ4v) is 2.48. The van der Waals surface area contributed by atoms with E-state index < -0.39 is 6.10 Å². The highest BCUT2D eigenvalue weighted by Gasteiger charge is 2.28. The molecule has 1 aromatic carbocycles. The van der Waals surface area contributed by atoms with E-state index in [1.54, 1.807) is 6.20 Å². The number of nitrogens with zero attached hydrogens (tertiary/aromatic N) is 2. The highest BCUT2D eigenvalue weighted by molar-refractivity contribution is 5.35. The molecule has 1 atom stereocenters. The summed E-state index contributed by atoms with van der Waals surface area (Å²) in [7, 11) is 0. The minimum atomic E-state index is -0.575. The van der Waals surface area contributed by atoms with Crippen molar-refractivity contribution in [2.75, 3.05) is 0 Å². The van der Waals surface area contributed by atoms with Crippen molar-refractivity contribution < 1.29 is 5.11 Å². The topological polar surface area (TPSA) is 38.1 Å². The van der Waals surface area contributed by atoms with Crippen LogP contribution in [0.25, 0.3) is 0 Å². The summed E-state index contributed by atoms with van der Waals surface area (Å²) in [5, 5.41) is 10.5. The van der Waals surface area contributed by atoms with Crippen LogP contribution in [0.4, 0.5) is 0 Å². The van der Waals surface area contributed by atoms with Crippen LogP contribution < -0.4 is 0 Å². The third-order valence-corrected chi connectivity index (χ3v) is 3.64. The highest BCUT2D eigenvalue weighted by Crippen LogP contribution is 2.38. The minimum absolute atomic E-state index is 0.544. The summed E-state index contributed by atoms with van der Waals surface area (Å²) < 4.78 is 2.12. The van der Waals surface area contributed by atoms with Gasteiger partial charge in [0, 0.05) is 6.04 Å². The molecular weight excluding hydrogens is 224 g/mol. The van der Waals surface area contributed by atoms with Crippen molar-refractivity contribution in [1.82, 2.24) is 9.55 Å². The molecule has 1 heterocycles. The van der Waals surface area contributed by atoms with E-state index >= 15 is 0 Å². The second-order valence-electron chi connectivity index (χ2n) is 5.22. The molecule has 2 aromatic rings. The van der Waals surface area contributed by atoms with Gasteiger partial charge in [-0.05, 0) is 37.8 Å². The average molecular weight is 242 g/mol. The van der Waals surface area contributed by atoms with Crippen LogP contribution in [0.3, 0.4) is 0 Å². The number of imidazole rings is 1. The Balaban J connectivity index is 1.97. The Hall–Kier alpha value is -1.61. The summed E-state index contributed by atoms with van der Waals surface area (Å²) in [6.45, 7) is 4.11. The van der Waals surface area contributed by atoms with Crippen LogP contribution in [-0.2, 0) is 0 Å². The first kappa shape index (κ1) is 11.5. The summed E-state index contributed by atoms with van der Waals surface area (Å²) in [6.07, 6.45) is 5.43. The lowest BCUT2D eigenvalue weighted by molar-refractivity contribution is 0.209. The van der Waals surface area contributed by atoms with Gasteiger partial charge in [-0.15, -0.1) is 0 Å². The van der Waals surface area contributed by atoms with Gasteiger partial charge in [0.05, 0.1) is 18.2 Å². The van der Waals surface area contributed by atoms with Gasteiger partial charge in [0.2, 0.25) is 0 Å². The largest absolute Gasteiger partial charge is 0.382 e. The van der Waals surface area contributed by atoms with Gasteiger partial charge in [0.15, 0.2) is 0 Å². The van der Waals surface area contributed by atoms with E-state index in [0.29, 0.717) is 6.04 Å². The maximum Gasteiger partial charge on any atom is 0.121 e. The Morgan fingerprint density at radius 1 is 1.33 bits per heavy atom. The van der Waals surface area contributed by atoms with Gasteiger partial charge in [0.25, 0.3) is 0 Å². The summed E-state index contributed by atoms with van der Waals surface area (Å²) in [5.74, 6) is 0. The average Bonchev–Trinajstić information content (AvgIpc) is 3.06. The molecule has 1 saturated carbocycles. The lowest BCUT2D eigenvalue weighted by Crippen LogP contribution is -2.08. The van der Waals surface area contributed by atoms with Crippen molar-refractivity contribution in [3.05, 3.63) is 53.1 Å². The fraction of sp³-hybridized carbons (Fsp3) is 0.400. The zero-order valence-corrected chi connectivity index (χ0v) is 10.8. The first-order valence-electron chi connectivity index (χ1n) is 6.44. The third-order valence-electron chi connectivity index (χ3n) is 3.64. The smallest absolute Gasteiger partial charge is 0.121 e. The molecule has 1 aliphatic carbocycles. The van der Waals surface area contributed by atoms with Crippen LogP contribution in [0.2, 0.25) is 0 Å². The summed E-state index contributed by atoms with van der Waals surface area (Å²) >= 11 is 0. The van der Waals surface area contributed by atoms with Crippen LogP contribution in [0.15, 0.2) is 30.7 Å². The van der Waals surface area contributed by atoms with Crippen molar-refractivity contribution in [3.63, 3.8) is 0 Å². The normalized spacial score (nSPS) is 16.8.